The zero-order valence-corrected chi connectivity index (χ0v) is 12.4. The highest BCUT2D eigenvalue weighted by Gasteiger charge is 2.16. The van der Waals surface area contributed by atoms with Gasteiger partial charge in [-0.2, -0.15) is 0 Å². The van der Waals surface area contributed by atoms with E-state index in [-0.39, 0.29) is 30.9 Å². The minimum absolute atomic E-state index is 0. The van der Waals surface area contributed by atoms with Crippen LogP contribution in [0, 0.1) is 0 Å². The molecular weight excluding hydrogens is 283 g/mol. The van der Waals surface area contributed by atoms with Gasteiger partial charge in [-0.1, -0.05) is 6.92 Å². The molecule has 1 aliphatic rings. The number of halogens is 2. The fourth-order valence-corrected chi connectivity index (χ4v) is 2.23. The van der Waals surface area contributed by atoms with Crippen LogP contribution in [-0.4, -0.2) is 17.6 Å². The first-order valence-electron chi connectivity index (χ1n) is 6.11. The van der Waals surface area contributed by atoms with Crippen molar-refractivity contribution in [3.8, 4) is 5.75 Å². The van der Waals surface area contributed by atoms with E-state index in [2.05, 4.69) is 29.4 Å². The average molecular weight is 301 g/mol. The molecule has 0 bridgehead atoms. The average Bonchev–Trinajstić information content (AvgIpc) is 2.57. The van der Waals surface area contributed by atoms with Crippen LogP contribution in [0.15, 0.2) is 30.6 Å². The summed E-state index contributed by atoms with van der Waals surface area (Å²) in [5.41, 5.74) is 1.24. The zero-order valence-electron chi connectivity index (χ0n) is 10.8. The molecule has 0 saturated carbocycles. The summed E-state index contributed by atoms with van der Waals surface area (Å²) in [6.07, 6.45) is 5.01. The van der Waals surface area contributed by atoms with Gasteiger partial charge in [0.15, 0.2) is 0 Å². The Morgan fingerprint density at radius 3 is 2.95 bits per heavy atom. The Balaban J connectivity index is 0.000000902. The van der Waals surface area contributed by atoms with Crippen LogP contribution in [0.5, 0.6) is 5.75 Å². The van der Waals surface area contributed by atoms with Gasteiger partial charge in [-0.15, -0.1) is 24.8 Å². The van der Waals surface area contributed by atoms with Crippen LogP contribution >= 0.6 is 24.8 Å². The summed E-state index contributed by atoms with van der Waals surface area (Å²) in [6, 6.07) is 6.34. The second kappa shape index (κ2) is 6.94. The largest absolute Gasteiger partial charge is 0.489 e. The molecule has 1 aromatic heterocycles. The zero-order chi connectivity index (χ0) is 11.7. The van der Waals surface area contributed by atoms with Crippen molar-refractivity contribution in [1.82, 2.24) is 10.3 Å². The van der Waals surface area contributed by atoms with E-state index in [9.17, 15) is 0 Å². The van der Waals surface area contributed by atoms with E-state index in [0.29, 0.717) is 0 Å². The number of rotatable bonds is 1. The molecule has 3 nitrogen and oxygen atoms in total. The monoisotopic (exact) mass is 300 g/mol. The summed E-state index contributed by atoms with van der Waals surface area (Å²) < 4.78 is 6.02. The van der Waals surface area contributed by atoms with Crippen molar-refractivity contribution in [2.45, 2.75) is 26.0 Å². The van der Waals surface area contributed by atoms with Crippen LogP contribution in [0.25, 0.3) is 10.8 Å². The van der Waals surface area contributed by atoms with Gasteiger partial charge in [0.1, 0.15) is 11.9 Å². The molecule has 1 atom stereocenters. The van der Waals surface area contributed by atoms with E-state index in [1.165, 1.54) is 10.9 Å². The topological polar surface area (TPSA) is 34.2 Å². The predicted octanol–water partition coefficient (Wildman–Crippen LogP) is 3.34. The molecule has 1 N–H and O–H groups in total. The smallest absolute Gasteiger partial charge is 0.124 e. The first-order valence-corrected chi connectivity index (χ1v) is 6.11. The van der Waals surface area contributed by atoms with Crippen molar-refractivity contribution in [1.29, 1.82) is 0 Å². The maximum Gasteiger partial charge on any atom is 0.124 e. The van der Waals surface area contributed by atoms with Crippen LogP contribution in [0.4, 0.5) is 0 Å². The van der Waals surface area contributed by atoms with Crippen molar-refractivity contribution >= 4 is 35.6 Å². The van der Waals surface area contributed by atoms with Gasteiger partial charge in [-0.3, -0.25) is 4.98 Å². The maximum absolute atomic E-state index is 6.02. The summed E-state index contributed by atoms with van der Waals surface area (Å²) >= 11 is 0. The van der Waals surface area contributed by atoms with Crippen LogP contribution < -0.4 is 10.1 Å². The van der Waals surface area contributed by atoms with Gasteiger partial charge in [0.05, 0.1) is 0 Å². The number of nitrogens with one attached hydrogen (secondary N) is 1. The Kier molecular flexibility index (Phi) is 5.85. The highest BCUT2D eigenvalue weighted by atomic mass is 35.5. The molecule has 0 spiro atoms. The molecule has 0 fully saturated rings. The van der Waals surface area contributed by atoms with Crippen molar-refractivity contribution in [2.24, 2.45) is 0 Å². The lowest BCUT2D eigenvalue weighted by Gasteiger charge is -2.15. The lowest BCUT2D eigenvalue weighted by atomic mass is 10.1. The van der Waals surface area contributed by atoms with Gasteiger partial charge in [-0.05, 0) is 30.0 Å². The first-order chi connectivity index (χ1) is 8.36. The summed E-state index contributed by atoms with van der Waals surface area (Å²) in [5.74, 6) is 1.00. The highest BCUT2D eigenvalue weighted by molar-refractivity contribution is 5.85. The van der Waals surface area contributed by atoms with E-state index in [1.807, 2.05) is 18.5 Å². The van der Waals surface area contributed by atoms with E-state index >= 15 is 0 Å². The molecule has 0 radical (unpaired) electrons. The molecule has 19 heavy (non-hydrogen) atoms. The number of hydrogen-bond donors (Lipinski definition) is 1. The molecule has 2 heterocycles. The Morgan fingerprint density at radius 2 is 2.16 bits per heavy atom. The van der Waals surface area contributed by atoms with Gasteiger partial charge < -0.3 is 10.1 Å². The standard InChI is InChI=1S/C14H16N2O.2ClH/c1-2-13-9-16-8-12-5-10-3-4-15-7-11(10)6-14(12)17-13;;/h3-7,13,16H,2,8-9H2,1H3;2*1H/t13-;;/m1../s1. The Labute approximate surface area is 125 Å². The molecule has 1 aliphatic heterocycles. The van der Waals surface area contributed by atoms with E-state index < -0.39 is 0 Å². The third-order valence-electron chi connectivity index (χ3n) is 3.26. The molecule has 0 aliphatic carbocycles. The SMILES string of the molecule is CC[C@@H]1CNCc2cc3ccncc3cc2O1.Cl.Cl. The Bertz CT molecular complexity index is 548. The lowest BCUT2D eigenvalue weighted by molar-refractivity contribution is 0.202. The van der Waals surface area contributed by atoms with Gasteiger partial charge >= 0.3 is 0 Å². The van der Waals surface area contributed by atoms with E-state index in [0.717, 1.165) is 30.6 Å². The molecule has 0 unspecified atom stereocenters. The Hall–Kier alpha value is -1.03. The number of ether oxygens (including phenoxy) is 1. The molecule has 0 saturated heterocycles. The van der Waals surface area contributed by atoms with Gasteiger partial charge in [0.2, 0.25) is 0 Å². The van der Waals surface area contributed by atoms with E-state index in [1.54, 1.807) is 0 Å². The molecule has 5 heteroatoms. The summed E-state index contributed by atoms with van der Waals surface area (Å²) in [6.45, 7) is 3.95. The quantitative estimate of drug-likeness (QED) is 0.877. The highest BCUT2D eigenvalue weighted by Crippen LogP contribution is 2.28. The summed E-state index contributed by atoms with van der Waals surface area (Å²) in [7, 11) is 0. The number of fused-ring (bicyclic) bond motifs is 2. The maximum atomic E-state index is 6.02. The van der Waals surface area contributed by atoms with Crippen LogP contribution in [-0.2, 0) is 6.54 Å². The van der Waals surface area contributed by atoms with Crippen molar-refractivity contribution in [3.05, 3.63) is 36.2 Å². The van der Waals surface area contributed by atoms with Gasteiger partial charge in [-0.25, -0.2) is 0 Å². The van der Waals surface area contributed by atoms with Crippen LogP contribution in [0.3, 0.4) is 0 Å². The molecule has 2 aromatic rings. The molecular formula is C14H18Cl2N2O. The lowest BCUT2D eigenvalue weighted by Crippen LogP contribution is -2.27. The number of benzene rings is 1. The third kappa shape index (κ3) is 3.30. The molecule has 3 rings (SSSR count). The van der Waals surface area contributed by atoms with Crippen molar-refractivity contribution in [2.75, 3.05) is 6.54 Å². The Morgan fingerprint density at radius 1 is 1.32 bits per heavy atom. The normalized spacial score (nSPS) is 17.4. The van der Waals surface area contributed by atoms with Crippen LogP contribution in [0.1, 0.15) is 18.9 Å². The van der Waals surface area contributed by atoms with Crippen LogP contribution in [0.2, 0.25) is 0 Å². The molecule has 1 aromatic carbocycles. The second-order valence-corrected chi connectivity index (χ2v) is 4.46. The number of nitrogens with zero attached hydrogens (tertiary/aromatic N) is 1. The van der Waals surface area contributed by atoms with Gasteiger partial charge in [0.25, 0.3) is 0 Å². The molecule has 0 amide bonds. The predicted molar refractivity (Wildman–Crippen MR) is 82.7 cm³/mol. The number of hydrogen-bond acceptors (Lipinski definition) is 3. The minimum Gasteiger partial charge on any atom is -0.489 e. The van der Waals surface area contributed by atoms with Crippen molar-refractivity contribution in [3.63, 3.8) is 0 Å². The fraction of sp³-hybridized carbons (Fsp3) is 0.357. The summed E-state index contributed by atoms with van der Waals surface area (Å²) in [5, 5.41) is 5.79. The minimum atomic E-state index is 0. The first kappa shape index (κ1) is 16.0. The number of aromatic nitrogens is 1. The van der Waals surface area contributed by atoms with Gasteiger partial charge in [0, 0.05) is 36.4 Å². The molecule has 104 valence electrons. The summed E-state index contributed by atoms with van der Waals surface area (Å²) in [4.78, 5) is 4.15. The third-order valence-corrected chi connectivity index (χ3v) is 3.26. The fourth-order valence-electron chi connectivity index (χ4n) is 2.23. The second-order valence-electron chi connectivity index (χ2n) is 4.46. The van der Waals surface area contributed by atoms with Crippen molar-refractivity contribution < 1.29 is 4.74 Å². The van der Waals surface area contributed by atoms with E-state index in [4.69, 9.17) is 4.74 Å². The number of pyridine rings is 1.